The minimum atomic E-state index is 0.0142. The maximum absolute atomic E-state index is 13.7. The molecular formula is C32H35N3O2. The van der Waals surface area contributed by atoms with E-state index in [1.165, 1.54) is 16.5 Å². The van der Waals surface area contributed by atoms with Crippen molar-refractivity contribution in [3.63, 3.8) is 0 Å². The molecule has 1 fully saturated rings. The number of carbonyl (C=O) groups excluding carboxylic acids is 2. The van der Waals surface area contributed by atoms with Crippen LogP contribution in [0.5, 0.6) is 0 Å². The van der Waals surface area contributed by atoms with E-state index < -0.39 is 0 Å². The number of nitrogens with zero attached hydrogens (tertiary/aromatic N) is 2. The van der Waals surface area contributed by atoms with Gasteiger partial charge in [0.05, 0.1) is 0 Å². The molecule has 5 nitrogen and oxygen atoms in total. The predicted molar refractivity (Wildman–Crippen MR) is 148 cm³/mol. The molecule has 1 aromatic heterocycles. The molecule has 0 unspecified atom stereocenters. The van der Waals surface area contributed by atoms with Crippen molar-refractivity contribution in [1.29, 1.82) is 0 Å². The number of H-pyrrole nitrogens is 1. The normalized spacial score (nSPS) is 13.0. The summed E-state index contributed by atoms with van der Waals surface area (Å²) in [4.78, 5) is 34.0. The highest BCUT2D eigenvalue weighted by Crippen LogP contribution is 2.28. The first-order valence-corrected chi connectivity index (χ1v) is 13.3. The number of para-hydroxylation sites is 1. The Balaban J connectivity index is 1.28. The highest BCUT2D eigenvalue weighted by atomic mass is 16.2. The zero-order valence-electron chi connectivity index (χ0n) is 21.5. The summed E-state index contributed by atoms with van der Waals surface area (Å²) >= 11 is 0. The van der Waals surface area contributed by atoms with E-state index in [1.807, 2.05) is 58.5 Å². The van der Waals surface area contributed by atoms with Gasteiger partial charge in [0.2, 0.25) is 11.8 Å². The average molecular weight is 494 g/mol. The van der Waals surface area contributed by atoms with Gasteiger partial charge >= 0.3 is 0 Å². The van der Waals surface area contributed by atoms with Crippen molar-refractivity contribution in [1.82, 2.24) is 14.8 Å². The van der Waals surface area contributed by atoms with Gasteiger partial charge in [-0.3, -0.25) is 9.59 Å². The Morgan fingerprint density at radius 1 is 0.838 bits per heavy atom. The molecule has 0 atom stereocenters. The zero-order valence-corrected chi connectivity index (χ0v) is 21.5. The molecule has 0 saturated heterocycles. The van der Waals surface area contributed by atoms with Crippen molar-refractivity contribution < 1.29 is 9.59 Å². The number of hydrogen-bond donors (Lipinski definition) is 1. The van der Waals surface area contributed by atoms with Gasteiger partial charge in [-0.25, -0.2) is 0 Å². The first-order valence-electron chi connectivity index (χ1n) is 13.3. The Kier molecular flexibility index (Phi) is 7.69. The fourth-order valence-electron chi connectivity index (χ4n) is 4.89. The highest BCUT2D eigenvalue weighted by molar-refractivity contribution is 5.86. The smallest absolute Gasteiger partial charge is 0.242 e. The van der Waals surface area contributed by atoms with Gasteiger partial charge in [0, 0.05) is 42.7 Å². The van der Waals surface area contributed by atoms with Crippen LogP contribution in [0, 0.1) is 6.92 Å². The van der Waals surface area contributed by atoms with Crippen LogP contribution in [0.3, 0.4) is 0 Å². The van der Waals surface area contributed by atoms with Crippen LogP contribution >= 0.6 is 0 Å². The lowest BCUT2D eigenvalue weighted by Crippen LogP contribution is -2.44. The number of aromatic nitrogens is 1. The number of benzene rings is 3. The molecule has 37 heavy (non-hydrogen) atoms. The monoisotopic (exact) mass is 493 g/mol. The number of amides is 2. The second-order valence-electron chi connectivity index (χ2n) is 10.1. The largest absolute Gasteiger partial charge is 0.361 e. The molecule has 0 bridgehead atoms. The minimum absolute atomic E-state index is 0.0142. The Morgan fingerprint density at radius 3 is 2.32 bits per heavy atom. The summed E-state index contributed by atoms with van der Waals surface area (Å²) in [5.74, 6) is 0.0898. The van der Waals surface area contributed by atoms with Gasteiger partial charge in [0.15, 0.2) is 0 Å². The van der Waals surface area contributed by atoms with Crippen LogP contribution in [0.2, 0.25) is 0 Å². The predicted octanol–water partition coefficient (Wildman–Crippen LogP) is 5.67. The molecule has 1 saturated carbocycles. The lowest BCUT2D eigenvalue weighted by molar-refractivity contribution is -0.141. The zero-order chi connectivity index (χ0) is 25.6. The van der Waals surface area contributed by atoms with Crippen LogP contribution in [-0.4, -0.2) is 45.7 Å². The van der Waals surface area contributed by atoms with Crippen LogP contribution in [0.1, 0.15) is 41.5 Å². The van der Waals surface area contributed by atoms with Gasteiger partial charge < -0.3 is 14.8 Å². The first-order chi connectivity index (χ1) is 18.1. The minimum Gasteiger partial charge on any atom is -0.361 e. The summed E-state index contributed by atoms with van der Waals surface area (Å²) in [5, 5.41) is 1.20. The van der Waals surface area contributed by atoms with Crippen molar-refractivity contribution in [2.45, 2.75) is 51.6 Å². The lowest BCUT2D eigenvalue weighted by atomic mass is 10.1. The molecule has 0 aliphatic heterocycles. The fraction of sp³-hybridized carbons (Fsp3) is 0.312. The van der Waals surface area contributed by atoms with Gasteiger partial charge in [-0.05, 0) is 55.4 Å². The summed E-state index contributed by atoms with van der Waals surface area (Å²) < 4.78 is 0. The number of nitrogens with one attached hydrogen (secondary N) is 1. The van der Waals surface area contributed by atoms with E-state index in [9.17, 15) is 9.59 Å². The van der Waals surface area contributed by atoms with Gasteiger partial charge in [-0.2, -0.15) is 0 Å². The average Bonchev–Trinajstić information content (AvgIpc) is 3.69. The highest BCUT2D eigenvalue weighted by Gasteiger charge is 2.34. The van der Waals surface area contributed by atoms with E-state index in [2.05, 4.69) is 48.3 Å². The van der Waals surface area contributed by atoms with Gasteiger partial charge in [-0.15, -0.1) is 0 Å². The van der Waals surface area contributed by atoms with E-state index in [1.54, 1.807) is 0 Å². The van der Waals surface area contributed by atoms with E-state index in [-0.39, 0.29) is 24.4 Å². The maximum atomic E-state index is 13.7. The van der Waals surface area contributed by atoms with Crippen LogP contribution in [0.15, 0.2) is 85.1 Å². The molecule has 0 radical (unpaired) electrons. The molecule has 1 N–H and O–H groups in total. The standard InChI is InChI=1S/C32H35N3O2/c1-24-11-13-26(14-12-24)22-34(20-19-27-21-33-30-10-6-5-9-29(27)30)32(37)23-35(28-16-17-28)31(36)18-15-25-7-3-2-4-8-25/h2-14,21,28,33H,15-20,22-23H2,1H3. The summed E-state index contributed by atoms with van der Waals surface area (Å²) in [6.45, 7) is 3.36. The second-order valence-corrected chi connectivity index (χ2v) is 10.1. The summed E-state index contributed by atoms with van der Waals surface area (Å²) in [6, 6.07) is 26.9. The van der Waals surface area contributed by atoms with Crippen molar-refractivity contribution in [3.05, 3.63) is 107 Å². The molecule has 190 valence electrons. The Bertz CT molecular complexity index is 1340. The number of aromatic amines is 1. The Hall–Kier alpha value is -3.86. The van der Waals surface area contributed by atoms with Gasteiger partial charge in [0.1, 0.15) is 6.54 Å². The lowest BCUT2D eigenvalue weighted by Gasteiger charge is -2.28. The molecule has 4 aromatic rings. The third-order valence-electron chi connectivity index (χ3n) is 7.26. The van der Waals surface area contributed by atoms with Crippen LogP contribution in [0.25, 0.3) is 10.9 Å². The molecule has 3 aromatic carbocycles. The third kappa shape index (κ3) is 6.48. The molecule has 5 heteroatoms. The number of rotatable bonds is 11. The van der Waals surface area contributed by atoms with Crippen molar-refractivity contribution in [2.24, 2.45) is 0 Å². The summed E-state index contributed by atoms with van der Waals surface area (Å²) in [6.07, 6.45) is 5.90. The molecule has 1 aliphatic carbocycles. The topological polar surface area (TPSA) is 56.4 Å². The molecule has 1 aliphatic rings. The van der Waals surface area contributed by atoms with Crippen LogP contribution < -0.4 is 0 Å². The van der Waals surface area contributed by atoms with Crippen molar-refractivity contribution >= 4 is 22.7 Å². The quantitative estimate of drug-likeness (QED) is 0.293. The molecular weight excluding hydrogens is 458 g/mol. The van der Waals surface area contributed by atoms with E-state index in [0.29, 0.717) is 25.9 Å². The summed E-state index contributed by atoms with van der Waals surface area (Å²) in [7, 11) is 0. The van der Waals surface area contributed by atoms with E-state index >= 15 is 0 Å². The fourth-order valence-corrected chi connectivity index (χ4v) is 4.89. The number of carbonyl (C=O) groups is 2. The van der Waals surface area contributed by atoms with E-state index in [0.717, 1.165) is 35.9 Å². The molecule has 5 rings (SSSR count). The second kappa shape index (κ2) is 11.5. The number of fused-ring (bicyclic) bond motifs is 1. The van der Waals surface area contributed by atoms with E-state index in [4.69, 9.17) is 0 Å². The Labute approximate surface area is 219 Å². The van der Waals surface area contributed by atoms with Crippen LogP contribution in [0.4, 0.5) is 0 Å². The SMILES string of the molecule is Cc1ccc(CN(CCc2c[nH]c3ccccc23)C(=O)CN(C(=O)CCc2ccccc2)C2CC2)cc1. The number of hydrogen-bond acceptors (Lipinski definition) is 2. The van der Waals surface area contributed by atoms with Gasteiger partial charge in [-0.1, -0.05) is 78.4 Å². The Morgan fingerprint density at radius 2 is 1.57 bits per heavy atom. The summed E-state index contributed by atoms with van der Waals surface area (Å²) in [5.41, 5.74) is 5.77. The third-order valence-corrected chi connectivity index (χ3v) is 7.26. The number of aryl methyl sites for hydroxylation is 2. The van der Waals surface area contributed by atoms with Gasteiger partial charge in [0.25, 0.3) is 0 Å². The first kappa shape index (κ1) is 24.8. The van der Waals surface area contributed by atoms with Crippen LogP contribution in [-0.2, 0) is 29.0 Å². The maximum Gasteiger partial charge on any atom is 0.242 e. The molecule has 2 amide bonds. The van der Waals surface area contributed by atoms with Crippen molar-refractivity contribution in [3.8, 4) is 0 Å². The van der Waals surface area contributed by atoms with Crippen molar-refractivity contribution in [2.75, 3.05) is 13.1 Å². The molecule has 0 spiro atoms. The molecule has 1 heterocycles.